The number of likely N-dealkylation sites (tertiary alicyclic amines) is 1. The molecule has 0 saturated carbocycles. The van der Waals surface area contributed by atoms with E-state index in [-0.39, 0.29) is 17.2 Å². The minimum atomic E-state index is -0.535. The molecule has 0 aliphatic carbocycles. The molecule has 2 aromatic carbocycles. The van der Waals surface area contributed by atoms with Gasteiger partial charge in [0, 0.05) is 43.3 Å². The Morgan fingerprint density at radius 3 is 2.75 bits per heavy atom. The van der Waals surface area contributed by atoms with Gasteiger partial charge in [-0.05, 0) is 36.6 Å². The molecule has 4 heterocycles. The number of fused-ring (bicyclic) bond motifs is 1. The number of aromatic amines is 1. The van der Waals surface area contributed by atoms with Crippen molar-refractivity contribution in [3.05, 3.63) is 98.8 Å². The fourth-order valence-corrected chi connectivity index (χ4v) is 5.73. The van der Waals surface area contributed by atoms with Gasteiger partial charge in [0.2, 0.25) is 0 Å². The first kappa shape index (κ1) is 26.4. The average molecular weight is 577 g/mol. The van der Waals surface area contributed by atoms with Crippen molar-refractivity contribution in [2.45, 2.75) is 32.0 Å². The molecular formula is C29H26ClFN6O2S. The van der Waals surface area contributed by atoms with Gasteiger partial charge in [0.15, 0.2) is 5.13 Å². The maximum absolute atomic E-state index is 13.5. The Labute approximate surface area is 238 Å². The molecule has 8 nitrogen and oxygen atoms in total. The van der Waals surface area contributed by atoms with Crippen LogP contribution in [0.2, 0.25) is 5.02 Å². The summed E-state index contributed by atoms with van der Waals surface area (Å²) in [5.41, 5.74) is 2.64. The fourth-order valence-electron chi connectivity index (χ4n) is 4.79. The summed E-state index contributed by atoms with van der Waals surface area (Å²) >= 11 is 7.35. The molecule has 1 saturated heterocycles. The molecule has 6 rings (SSSR count). The molecule has 11 heteroatoms. The Morgan fingerprint density at radius 1 is 1.12 bits per heavy atom. The number of H-pyrrole nitrogens is 1. The quantitative estimate of drug-likeness (QED) is 0.238. The highest BCUT2D eigenvalue weighted by Gasteiger charge is 2.21. The van der Waals surface area contributed by atoms with E-state index < -0.39 is 5.82 Å². The number of pyridine rings is 1. The van der Waals surface area contributed by atoms with Gasteiger partial charge in [0.05, 0.1) is 10.4 Å². The molecule has 204 valence electrons. The number of rotatable bonds is 8. The number of hydrogen-bond donors (Lipinski definition) is 2. The van der Waals surface area contributed by atoms with Crippen LogP contribution >= 0.6 is 22.9 Å². The Morgan fingerprint density at radius 2 is 1.95 bits per heavy atom. The van der Waals surface area contributed by atoms with Crippen LogP contribution in [0.25, 0.3) is 22.3 Å². The van der Waals surface area contributed by atoms with Gasteiger partial charge < -0.3 is 15.0 Å². The van der Waals surface area contributed by atoms with E-state index in [1.54, 1.807) is 12.3 Å². The number of aromatic nitrogens is 4. The summed E-state index contributed by atoms with van der Waals surface area (Å²) in [6.45, 7) is 2.99. The van der Waals surface area contributed by atoms with Gasteiger partial charge in [0.25, 0.3) is 5.56 Å². The monoisotopic (exact) mass is 576 g/mol. The summed E-state index contributed by atoms with van der Waals surface area (Å²) in [5, 5.41) is 6.68. The number of thiazole rings is 1. The van der Waals surface area contributed by atoms with Crippen LogP contribution in [0.5, 0.6) is 5.75 Å². The average Bonchev–Trinajstić information content (AvgIpc) is 3.43. The van der Waals surface area contributed by atoms with E-state index in [2.05, 4.69) is 49.4 Å². The van der Waals surface area contributed by atoms with Crippen molar-refractivity contribution in [3.8, 4) is 17.1 Å². The zero-order valence-corrected chi connectivity index (χ0v) is 23.0. The smallest absolute Gasteiger partial charge is 0.258 e. The van der Waals surface area contributed by atoms with Crippen LogP contribution < -0.4 is 15.6 Å². The Bertz CT molecular complexity index is 1690. The lowest BCUT2D eigenvalue weighted by atomic mass is 10.0. The van der Waals surface area contributed by atoms with Gasteiger partial charge in [-0.25, -0.2) is 14.4 Å². The third kappa shape index (κ3) is 5.99. The zero-order valence-electron chi connectivity index (χ0n) is 21.4. The third-order valence-electron chi connectivity index (χ3n) is 6.85. The molecular weight excluding hydrogens is 551 g/mol. The minimum absolute atomic E-state index is 0.0334. The largest absolute Gasteiger partial charge is 0.486 e. The van der Waals surface area contributed by atoms with Gasteiger partial charge in [-0.1, -0.05) is 41.9 Å². The van der Waals surface area contributed by atoms with Gasteiger partial charge in [-0.15, -0.1) is 11.3 Å². The number of piperidine rings is 1. The molecule has 0 atom stereocenters. The highest BCUT2D eigenvalue weighted by molar-refractivity contribution is 7.14. The van der Waals surface area contributed by atoms with Gasteiger partial charge in [-0.3, -0.25) is 14.7 Å². The molecule has 0 bridgehead atoms. The van der Waals surface area contributed by atoms with E-state index >= 15 is 0 Å². The van der Waals surface area contributed by atoms with Crippen LogP contribution in [0.3, 0.4) is 0 Å². The second-order valence-electron chi connectivity index (χ2n) is 9.65. The Kier molecular flexibility index (Phi) is 7.72. The van der Waals surface area contributed by atoms with Crippen molar-refractivity contribution in [2.75, 3.05) is 18.4 Å². The van der Waals surface area contributed by atoms with E-state index in [1.165, 1.54) is 35.1 Å². The predicted octanol–water partition coefficient (Wildman–Crippen LogP) is 5.89. The van der Waals surface area contributed by atoms with Crippen molar-refractivity contribution in [3.63, 3.8) is 0 Å². The summed E-state index contributed by atoms with van der Waals surface area (Å²) in [7, 11) is 0. The Balaban J connectivity index is 1.14. The van der Waals surface area contributed by atoms with Gasteiger partial charge in [-0.2, -0.15) is 0 Å². The van der Waals surface area contributed by atoms with E-state index in [9.17, 15) is 9.18 Å². The number of hydrogen-bond acceptors (Lipinski definition) is 8. The van der Waals surface area contributed by atoms with Crippen LogP contribution in [0.1, 0.15) is 24.2 Å². The molecule has 0 radical (unpaired) electrons. The maximum Gasteiger partial charge on any atom is 0.258 e. The summed E-state index contributed by atoms with van der Waals surface area (Å²) < 4.78 is 19.1. The molecule has 1 aliphatic rings. The SMILES string of the molecule is O=c1[nH]c(COc2ccc(F)c(Cl)c2)nc2c(-c3csc(NC4CCN(Cc5ccccc5)CC4)n3)nccc12. The molecule has 0 spiro atoms. The highest BCUT2D eigenvalue weighted by Crippen LogP contribution is 2.29. The third-order valence-corrected chi connectivity index (χ3v) is 7.91. The molecule has 2 N–H and O–H groups in total. The second-order valence-corrected chi connectivity index (χ2v) is 10.9. The standard InChI is InChI=1S/C29H26ClFN6O2S/c30-22-14-20(6-7-23(22)31)39-16-25-35-26-21(28(38)36-25)8-11-32-27(26)24-17-40-29(34-24)33-19-9-12-37(13-10-19)15-18-4-2-1-3-5-18/h1-8,11,14,17,19H,9-10,12-13,15-16H2,(H,33,34)(H,35,36,38). The van der Waals surface area contributed by atoms with Crippen LogP contribution in [0, 0.1) is 5.82 Å². The van der Waals surface area contributed by atoms with Gasteiger partial charge in [0.1, 0.15) is 40.9 Å². The zero-order chi connectivity index (χ0) is 27.5. The van der Waals surface area contributed by atoms with Crippen molar-refractivity contribution in [1.29, 1.82) is 0 Å². The number of nitrogens with zero attached hydrogens (tertiary/aromatic N) is 4. The first-order valence-corrected chi connectivity index (χ1v) is 14.2. The van der Waals surface area contributed by atoms with E-state index in [1.807, 2.05) is 11.4 Å². The number of halogens is 2. The second kappa shape index (κ2) is 11.7. The van der Waals surface area contributed by atoms with Crippen molar-refractivity contribution >= 4 is 39.0 Å². The number of ether oxygens (including phenoxy) is 1. The molecule has 3 aromatic heterocycles. The van der Waals surface area contributed by atoms with Gasteiger partial charge >= 0.3 is 0 Å². The van der Waals surface area contributed by atoms with Crippen LogP contribution in [-0.4, -0.2) is 44.0 Å². The first-order chi connectivity index (χ1) is 19.5. The summed E-state index contributed by atoms with van der Waals surface area (Å²) in [4.78, 5) is 32.0. The van der Waals surface area contributed by atoms with Crippen LogP contribution in [-0.2, 0) is 13.2 Å². The first-order valence-electron chi connectivity index (χ1n) is 13.0. The molecule has 5 aromatic rings. The van der Waals surface area contributed by atoms with Crippen molar-refractivity contribution < 1.29 is 9.13 Å². The Hall–Kier alpha value is -3.86. The van der Waals surface area contributed by atoms with E-state index in [4.69, 9.17) is 21.3 Å². The summed E-state index contributed by atoms with van der Waals surface area (Å²) in [5.74, 6) is 0.136. The lowest BCUT2D eigenvalue weighted by Crippen LogP contribution is -2.38. The molecule has 1 fully saturated rings. The fraction of sp³-hybridized carbons (Fsp3) is 0.241. The molecule has 0 amide bonds. The molecule has 40 heavy (non-hydrogen) atoms. The topological polar surface area (TPSA) is 96.0 Å². The van der Waals surface area contributed by atoms with Crippen molar-refractivity contribution in [2.24, 2.45) is 0 Å². The summed E-state index contributed by atoms with van der Waals surface area (Å²) in [6, 6.07) is 16.6. The number of nitrogens with one attached hydrogen (secondary N) is 2. The maximum atomic E-state index is 13.5. The lowest BCUT2D eigenvalue weighted by Gasteiger charge is -2.32. The lowest BCUT2D eigenvalue weighted by molar-refractivity contribution is 0.211. The van der Waals surface area contributed by atoms with E-state index in [0.29, 0.717) is 39.9 Å². The molecule has 0 unspecified atom stereocenters. The van der Waals surface area contributed by atoms with Crippen LogP contribution in [0.4, 0.5) is 9.52 Å². The number of anilines is 1. The molecule has 1 aliphatic heterocycles. The van der Waals surface area contributed by atoms with E-state index in [0.717, 1.165) is 37.6 Å². The number of benzene rings is 2. The highest BCUT2D eigenvalue weighted by atomic mass is 35.5. The summed E-state index contributed by atoms with van der Waals surface area (Å²) in [6.07, 6.45) is 3.65. The van der Waals surface area contributed by atoms with Crippen molar-refractivity contribution in [1.82, 2.24) is 24.8 Å². The predicted molar refractivity (Wildman–Crippen MR) is 155 cm³/mol. The normalized spacial score (nSPS) is 14.4. The minimum Gasteiger partial charge on any atom is -0.486 e. The van der Waals surface area contributed by atoms with Crippen LogP contribution in [0.15, 0.2) is 71.0 Å².